The van der Waals surface area contributed by atoms with Gasteiger partial charge in [0.1, 0.15) is 0 Å². The second-order valence-electron chi connectivity index (χ2n) is 5.74. The minimum absolute atomic E-state index is 0.642. The fourth-order valence-corrected chi connectivity index (χ4v) is 3.33. The molecule has 0 aliphatic heterocycles. The summed E-state index contributed by atoms with van der Waals surface area (Å²) in [6, 6.07) is 23.4. The van der Waals surface area contributed by atoms with E-state index in [4.69, 9.17) is 0 Å². The molecule has 0 aromatic carbocycles. The Morgan fingerprint density at radius 1 is 0.542 bits per heavy atom. The first-order chi connectivity index (χ1) is 11.8. The van der Waals surface area contributed by atoms with Crippen molar-refractivity contribution in [3.05, 3.63) is 83.9 Å². The molecule has 0 aromatic rings. The van der Waals surface area contributed by atoms with E-state index in [0.717, 1.165) is 46.0 Å². The average molecular weight is 310 g/mol. The number of carbonyl (C=O) groups is 2. The first kappa shape index (κ1) is 14.3. The molecule has 4 aliphatic carbocycles. The fourth-order valence-electron chi connectivity index (χ4n) is 3.33. The third-order valence-electron chi connectivity index (χ3n) is 4.43. The second kappa shape index (κ2) is 5.74. The van der Waals surface area contributed by atoms with Crippen LogP contribution in [-0.2, 0) is 0 Å². The van der Waals surface area contributed by atoms with E-state index in [-0.39, 0.29) is 0 Å². The van der Waals surface area contributed by atoms with E-state index in [1.165, 1.54) is 0 Å². The lowest BCUT2D eigenvalue weighted by Crippen LogP contribution is -1.83. The highest BCUT2D eigenvalue weighted by atomic mass is 16.1. The Bertz CT molecular complexity index is 1000. The van der Waals surface area contributed by atoms with Crippen LogP contribution < -0.4 is 0 Å². The number of aldehydes is 2. The van der Waals surface area contributed by atoms with E-state index >= 15 is 0 Å². The van der Waals surface area contributed by atoms with Gasteiger partial charge in [-0.15, -0.1) is 0 Å². The molecule has 0 saturated carbocycles. The van der Waals surface area contributed by atoms with E-state index in [1.54, 1.807) is 0 Å². The molecule has 2 nitrogen and oxygen atoms in total. The number of carbonyl (C=O) groups excluding carboxylic acids is 2. The van der Waals surface area contributed by atoms with Crippen molar-refractivity contribution in [2.75, 3.05) is 0 Å². The van der Waals surface area contributed by atoms with Crippen molar-refractivity contribution < 1.29 is 9.59 Å². The largest absolute Gasteiger partial charge is 0.298 e. The Labute approximate surface area is 140 Å². The zero-order chi connectivity index (χ0) is 16.5. The summed E-state index contributed by atoms with van der Waals surface area (Å²) < 4.78 is 0. The first-order valence-electron chi connectivity index (χ1n) is 7.77. The minimum atomic E-state index is 0.642. The predicted molar refractivity (Wildman–Crippen MR) is 95.9 cm³/mol. The molecule has 0 heterocycles. The highest BCUT2D eigenvalue weighted by Gasteiger charge is 2.21. The molecule has 24 heavy (non-hydrogen) atoms. The van der Waals surface area contributed by atoms with Crippen molar-refractivity contribution in [3.8, 4) is 33.4 Å². The standard InChI is InChI=1S/C22H14O2/c23-13-16-12-20(19-10-6-2-5-9-18(16)19)21-11-15-7-3-1-4-8-17(15)22(21)14-24/h1-14H. The van der Waals surface area contributed by atoms with Gasteiger partial charge in [-0.05, 0) is 45.5 Å². The normalized spacial score (nSPS) is 10.8. The van der Waals surface area contributed by atoms with Crippen LogP contribution in [-0.4, -0.2) is 12.6 Å². The van der Waals surface area contributed by atoms with Gasteiger partial charge in [-0.1, -0.05) is 60.7 Å². The molecule has 0 unspecified atom stereocenters. The smallest absolute Gasteiger partial charge is 0.151 e. The van der Waals surface area contributed by atoms with Crippen molar-refractivity contribution in [3.63, 3.8) is 0 Å². The van der Waals surface area contributed by atoms with Gasteiger partial charge in [-0.3, -0.25) is 9.59 Å². The highest BCUT2D eigenvalue weighted by Crippen LogP contribution is 2.43. The third-order valence-corrected chi connectivity index (χ3v) is 4.43. The summed E-state index contributed by atoms with van der Waals surface area (Å²) in [6.45, 7) is 0. The third kappa shape index (κ3) is 2.12. The molecule has 0 N–H and O–H groups in total. The van der Waals surface area contributed by atoms with Crippen molar-refractivity contribution in [2.24, 2.45) is 0 Å². The summed E-state index contributed by atoms with van der Waals surface area (Å²) in [5, 5.41) is 0. The van der Waals surface area contributed by atoms with Crippen LogP contribution in [0.15, 0.2) is 72.8 Å². The molecule has 0 saturated heterocycles. The van der Waals surface area contributed by atoms with Gasteiger partial charge in [0.2, 0.25) is 0 Å². The highest BCUT2D eigenvalue weighted by molar-refractivity contribution is 6.06. The summed E-state index contributed by atoms with van der Waals surface area (Å²) in [6.07, 6.45) is 1.77. The Balaban J connectivity index is 2.07. The Morgan fingerprint density at radius 3 is 1.92 bits per heavy atom. The van der Waals surface area contributed by atoms with Crippen LogP contribution in [0.3, 0.4) is 0 Å². The molecule has 0 bridgehead atoms. The summed E-state index contributed by atoms with van der Waals surface area (Å²) in [5.74, 6) is 0. The Morgan fingerprint density at radius 2 is 1.21 bits per heavy atom. The maximum Gasteiger partial charge on any atom is 0.151 e. The summed E-state index contributed by atoms with van der Waals surface area (Å²) in [7, 11) is 0. The molecule has 0 spiro atoms. The quantitative estimate of drug-likeness (QED) is 0.488. The van der Waals surface area contributed by atoms with E-state index < -0.39 is 0 Å². The van der Waals surface area contributed by atoms with E-state index in [1.807, 2.05) is 72.8 Å². The van der Waals surface area contributed by atoms with Gasteiger partial charge in [0.15, 0.2) is 12.6 Å². The fraction of sp³-hybridized carbons (Fsp3) is 0. The van der Waals surface area contributed by atoms with Gasteiger partial charge < -0.3 is 0 Å². The summed E-state index contributed by atoms with van der Waals surface area (Å²) in [4.78, 5) is 23.2. The zero-order valence-corrected chi connectivity index (χ0v) is 12.9. The van der Waals surface area contributed by atoms with Crippen LogP contribution in [0.4, 0.5) is 0 Å². The molecular weight excluding hydrogens is 296 g/mol. The maximum atomic E-state index is 11.8. The SMILES string of the molecule is O=Cc1cc(-c2cc3cccccc-3c2C=O)c2cccccc1-2. The molecule has 4 rings (SSSR count). The lowest BCUT2D eigenvalue weighted by atomic mass is 10.0. The maximum absolute atomic E-state index is 11.8. The number of hydrogen-bond acceptors (Lipinski definition) is 2. The van der Waals surface area contributed by atoms with Crippen LogP contribution in [0.2, 0.25) is 0 Å². The minimum Gasteiger partial charge on any atom is -0.298 e. The molecule has 114 valence electrons. The van der Waals surface area contributed by atoms with E-state index in [9.17, 15) is 9.59 Å². The molecule has 0 amide bonds. The Hall–Kier alpha value is -3.26. The lowest BCUT2D eigenvalue weighted by Gasteiger charge is -2.01. The van der Waals surface area contributed by atoms with Gasteiger partial charge in [0.25, 0.3) is 0 Å². The van der Waals surface area contributed by atoms with Gasteiger partial charge in [-0.25, -0.2) is 0 Å². The molecule has 0 aromatic heterocycles. The first-order valence-corrected chi connectivity index (χ1v) is 7.77. The van der Waals surface area contributed by atoms with Gasteiger partial charge in [-0.2, -0.15) is 0 Å². The topological polar surface area (TPSA) is 34.1 Å². The van der Waals surface area contributed by atoms with Crippen molar-refractivity contribution in [1.29, 1.82) is 0 Å². The molecule has 2 heteroatoms. The molecular formula is C22H14O2. The second-order valence-corrected chi connectivity index (χ2v) is 5.74. The van der Waals surface area contributed by atoms with Crippen molar-refractivity contribution in [2.45, 2.75) is 0 Å². The van der Waals surface area contributed by atoms with E-state index in [2.05, 4.69) is 0 Å². The van der Waals surface area contributed by atoms with Crippen LogP contribution in [0.1, 0.15) is 20.7 Å². The van der Waals surface area contributed by atoms with Crippen LogP contribution >= 0.6 is 0 Å². The predicted octanol–water partition coefficient (Wildman–Crippen LogP) is 5.19. The monoisotopic (exact) mass is 310 g/mol. The lowest BCUT2D eigenvalue weighted by molar-refractivity contribution is 0.111. The van der Waals surface area contributed by atoms with Crippen LogP contribution in [0.25, 0.3) is 33.4 Å². The van der Waals surface area contributed by atoms with Gasteiger partial charge >= 0.3 is 0 Å². The number of rotatable bonds is 3. The van der Waals surface area contributed by atoms with E-state index in [0.29, 0.717) is 11.1 Å². The zero-order valence-electron chi connectivity index (χ0n) is 12.9. The van der Waals surface area contributed by atoms with Crippen LogP contribution in [0, 0.1) is 0 Å². The van der Waals surface area contributed by atoms with Crippen molar-refractivity contribution >= 4 is 12.6 Å². The molecule has 0 fully saturated rings. The van der Waals surface area contributed by atoms with Crippen LogP contribution in [0.5, 0.6) is 0 Å². The molecule has 4 aliphatic rings. The number of fused-ring (bicyclic) bond motifs is 2. The molecule has 0 atom stereocenters. The average Bonchev–Trinajstić information content (AvgIpc) is 2.88. The van der Waals surface area contributed by atoms with Crippen molar-refractivity contribution in [1.82, 2.24) is 0 Å². The Kier molecular flexibility index (Phi) is 3.43. The number of hydrogen-bond donors (Lipinski definition) is 0. The molecule has 0 radical (unpaired) electrons. The summed E-state index contributed by atoms with van der Waals surface area (Å²) >= 11 is 0. The van der Waals surface area contributed by atoms with Gasteiger partial charge in [0.05, 0.1) is 0 Å². The summed E-state index contributed by atoms with van der Waals surface area (Å²) in [5.41, 5.74) is 6.91. The van der Waals surface area contributed by atoms with Gasteiger partial charge in [0, 0.05) is 11.1 Å².